The van der Waals surface area contributed by atoms with Gasteiger partial charge in [0.2, 0.25) is 0 Å². The van der Waals surface area contributed by atoms with Crippen LogP contribution in [0.1, 0.15) is 18.9 Å². The molecule has 1 amide bonds. The fourth-order valence-corrected chi connectivity index (χ4v) is 2.24. The number of aromatic nitrogens is 1. The number of carbonyl (C=O) groups is 1. The first-order valence-electron chi connectivity index (χ1n) is 5.43. The second-order valence-corrected chi connectivity index (χ2v) is 4.96. The zero-order valence-corrected chi connectivity index (χ0v) is 10.9. The van der Waals surface area contributed by atoms with Gasteiger partial charge in [-0.3, -0.25) is 5.32 Å². The minimum atomic E-state index is -0.467. The maximum atomic E-state index is 11.4. The molecule has 1 aromatic heterocycles. The lowest BCUT2D eigenvalue weighted by Gasteiger charge is -2.09. The standard InChI is InChI=1S/C13H12N2O2S/c1-4-12-15-10-6-5-9(7-11(10)18-12)14-13(16)17-8(2)3/h1,5-8H,2-3H3,(H,14,16). The van der Waals surface area contributed by atoms with E-state index in [-0.39, 0.29) is 6.10 Å². The first kappa shape index (κ1) is 12.4. The Kier molecular flexibility index (Phi) is 3.49. The minimum absolute atomic E-state index is 0.148. The maximum absolute atomic E-state index is 11.4. The Morgan fingerprint density at radius 1 is 1.56 bits per heavy atom. The number of amides is 1. The lowest BCUT2D eigenvalue weighted by atomic mass is 10.3. The number of hydrogen-bond donors (Lipinski definition) is 1. The fraction of sp³-hybridized carbons (Fsp3) is 0.231. The molecular formula is C13H12N2O2S. The lowest BCUT2D eigenvalue weighted by Crippen LogP contribution is -2.17. The smallest absolute Gasteiger partial charge is 0.411 e. The Morgan fingerprint density at radius 3 is 3.00 bits per heavy atom. The molecule has 0 saturated carbocycles. The Hall–Kier alpha value is -2.06. The third-order valence-electron chi connectivity index (χ3n) is 2.10. The van der Waals surface area contributed by atoms with Crippen LogP contribution in [0.3, 0.4) is 0 Å². The number of thiazole rings is 1. The van der Waals surface area contributed by atoms with Gasteiger partial charge in [-0.25, -0.2) is 9.78 Å². The van der Waals surface area contributed by atoms with Gasteiger partial charge in [0, 0.05) is 5.69 Å². The van der Waals surface area contributed by atoms with Crippen molar-refractivity contribution in [3.05, 3.63) is 23.2 Å². The van der Waals surface area contributed by atoms with Crippen molar-refractivity contribution in [2.24, 2.45) is 0 Å². The van der Waals surface area contributed by atoms with Gasteiger partial charge in [0.1, 0.15) is 0 Å². The van der Waals surface area contributed by atoms with E-state index in [1.807, 2.05) is 12.1 Å². The summed E-state index contributed by atoms with van der Waals surface area (Å²) in [4.78, 5) is 15.7. The van der Waals surface area contributed by atoms with Gasteiger partial charge in [0.15, 0.2) is 5.01 Å². The van der Waals surface area contributed by atoms with Crippen LogP contribution < -0.4 is 5.32 Å². The Bertz CT molecular complexity index is 625. The molecule has 4 nitrogen and oxygen atoms in total. The number of benzene rings is 1. The molecule has 1 N–H and O–H groups in total. The predicted octanol–water partition coefficient (Wildman–Crippen LogP) is 3.23. The van der Waals surface area contributed by atoms with Crippen LogP contribution in [0.4, 0.5) is 10.5 Å². The van der Waals surface area contributed by atoms with E-state index in [0.717, 1.165) is 10.2 Å². The molecule has 2 rings (SSSR count). The van der Waals surface area contributed by atoms with Gasteiger partial charge >= 0.3 is 6.09 Å². The lowest BCUT2D eigenvalue weighted by molar-refractivity contribution is 0.130. The first-order valence-corrected chi connectivity index (χ1v) is 6.25. The predicted molar refractivity (Wildman–Crippen MR) is 72.8 cm³/mol. The molecule has 5 heteroatoms. The SMILES string of the molecule is C#Cc1nc2ccc(NC(=O)OC(C)C)cc2s1. The molecule has 18 heavy (non-hydrogen) atoms. The number of nitrogens with zero attached hydrogens (tertiary/aromatic N) is 1. The van der Waals surface area contributed by atoms with Crippen LogP contribution in [-0.2, 0) is 4.74 Å². The van der Waals surface area contributed by atoms with Crippen LogP contribution >= 0.6 is 11.3 Å². The van der Waals surface area contributed by atoms with Crippen molar-refractivity contribution in [3.8, 4) is 12.3 Å². The average molecular weight is 260 g/mol. The van der Waals surface area contributed by atoms with Gasteiger partial charge in [-0.05, 0) is 38.0 Å². The van der Waals surface area contributed by atoms with E-state index in [1.54, 1.807) is 19.9 Å². The molecule has 0 aliphatic rings. The van der Waals surface area contributed by atoms with Gasteiger partial charge in [-0.1, -0.05) is 0 Å². The van der Waals surface area contributed by atoms with Crippen molar-refractivity contribution in [1.29, 1.82) is 0 Å². The number of ether oxygens (including phenoxy) is 1. The highest BCUT2D eigenvalue weighted by Gasteiger charge is 2.07. The molecule has 1 aromatic carbocycles. The summed E-state index contributed by atoms with van der Waals surface area (Å²) in [7, 11) is 0. The largest absolute Gasteiger partial charge is 0.447 e. The number of nitrogens with one attached hydrogen (secondary N) is 1. The zero-order chi connectivity index (χ0) is 13.1. The number of terminal acetylenes is 1. The van der Waals surface area contributed by atoms with E-state index in [0.29, 0.717) is 10.7 Å². The van der Waals surface area contributed by atoms with E-state index in [4.69, 9.17) is 11.2 Å². The third-order valence-corrected chi connectivity index (χ3v) is 3.05. The van der Waals surface area contributed by atoms with E-state index < -0.39 is 6.09 Å². The van der Waals surface area contributed by atoms with E-state index in [9.17, 15) is 4.79 Å². The van der Waals surface area contributed by atoms with Crippen molar-refractivity contribution < 1.29 is 9.53 Å². The number of fused-ring (bicyclic) bond motifs is 1. The van der Waals surface area contributed by atoms with Gasteiger partial charge in [-0.2, -0.15) is 0 Å². The monoisotopic (exact) mass is 260 g/mol. The fourth-order valence-electron chi connectivity index (χ4n) is 1.43. The summed E-state index contributed by atoms with van der Waals surface area (Å²) in [6.07, 6.45) is 4.68. The summed E-state index contributed by atoms with van der Waals surface area (Å²) in [5, 5.41) is 3.29. The summed E-state index contributed by atoms with van der Waals surface area (Å²) in [6, 6.07) is 5.41. The molecule has 0 aliphatic heterocycles. The summed E-state index contributed by atoms with van der Waals surface area (Å²) < 4.78 is 5.93. The molecule has 92 valence electrons. The third kappa shape index (κ3) is 2.79. The van der Waals surface area contributed by atoms with Crippen molar-refractivity contribution >= 4 is 33.3 Å². The normalized spacial score (nSPS) is 10.3. The van der Waals surface area contributed by atoms with Gasteiger partial charge < -0.3 is 4.74 Å². The first-order chi connectivity index (χ1) is 8.58. The Labute approximate surface area is 109 Å². The molecule has 0 spiro atoms. The molecule has 0 radical (unpaired) electrons. The zero-order valence-electron chi connectivity index (χ0n) is 10.1. The average Bonchev–Trinajstić information content (AvgIpc) is 2.69. The molecular weight excluding hydrogens is 248 g/mol. The summed E-state index contributed by atoms with van der Waals surface area (Å²) >= 11 is 1.41. The van der Waals surface area contributed by atoms with Crippen molar-refractivity contribution in [1.82, 2.24) is 4.98 Å². The second-order valence-electron chi connectivity index (χ2n) is 3.92. The number of hydrogen-bond acceptors (Lipinski definition) is 4. The van der Waals surface area contributed by atoms with Crippen LogP contribution in [0.25, 0.3) is 10.2 Å². The highest BCUT2D eigenvalue weighted by molar-refractivity contribution is 7.19. The van der Waals surface area contributed by atoms with E-state index >= 15 is 0 Å². The van der Waals surface area contributed by atoms with Crippen LogP contribution in [0.2, 0.25) is 0 Å². The highest BCUT2D eigenvalue weighted by atomic mass is 32.1. The van der Waals surface area contributed by atoms with Gasteiger partial charge in [0.25, 0.3) is 0 Å². The highest BCUT2D eigenvalue weighted by Crippen LogP contribution is 2.24. The molecule has 0 bridgehead atoms. The number of anilines is 1. The van der Waals surface area contributed by atoms with Crippen LogP contribution in [0.15, 0.2) is 18.2 Å². The van der Waals surface area contributed by atoms with Crippen LogP contribution in [0, 0.1) is 12.3 Å². The van der Waals surface area contributed by atoms with Crippen LogP contribution in [-0.4, -0.2) is 17.2 Å². The molecule has 0 unspecified atom stereocenters. The van der Waals surface area contributed by atoms with Gasteiger partial charge in [-0.15, -0.1) is 17.8 Å². The van der Waals surface area contributed by atoms with Crippen molar-refractivity contribution in [2.75, 3.05) is 5.32 Å². The van der Waals surface area contributed by atoms with Crippen molar-refractivity contribution in [3.63, 3.8) is 0 Å². The van der Waals surface area contributed by atoms with Crippen molar-refractivity contribution in [2.45, 2.75) is 20.0 Å². The maximum Gasteiger partial charge on any atom is 0.411 e. The molecule has 0 aliphatic carbocycles. The van der Waals surface area contributed by atoms with Crippen LogP contribution in [0.5, 0.6) is 0 Å². The second kappa shape index (κ2) is 5.07. The molecule has 0 atom stereocenters. The quantitative estimate of drug-likeness (QED) is 0.843. The molecule has 0 fully saturated rings. The minimum Gasteiger partial charge on any atom is -0.447 e. The number of carbonyl (C=O) groups excluding carboxylic acids is 1. The van der Waals surface area contributed by atoms with E-state index in [2.05, 4.69) is 16.2 Å². The molecule has 0 saturated heterocycles. The topological polar surface area (TPSA) is 51.2 Å². The Balaban J connectivity index is 2.20. The van der Waals surface area contributed by atoms with Gasteiger partial charge in [0.05, 0.1) is 16.3 Å². The van der Waals surface area contributed by atoms with E-state index in [1.165, 1.54) is 11.3 Å². The summed E-state index contributed by atoms with van der Waals surface area (Å²) in [5.41, 5.74) is 1.50. The summed E-state index contributed by atoms with van der Waals surface area (Å²) in [5.74, 6) is 2.50. The Morgan fingerprint density at radius 2 is 2.33 bits per heavy atom. The molecule has 2 aromatic rings. The number of rotatable bonds is 2. The molecule has 1 heterocycles. The summed E-state index contributed by atoms with van der Waals surface area (Å²) in [6.45, 7) is 3.59.